The van der Waals surface area contributed by atoms with Gasteiger partial charge in [-0.05, 0) is 12.1 Å². The van der Waals surface area contributed by atoms with Crippen molar-refractivity contribution in [2.75, 3.05) is 7.11 Å². The molecule has 0 bridgehead atoms. The zero-order chi connectivity index (χ0) is 16.0. The SMILES string of the molecule is COc1ccc(C(=O)NC2C(C)(C)C(N)C2(C)C)c(F)c1. The molecule has 1 aromatic carbocycles. The van der Waals surface area contributed by atoms with Gasteiger partial charge in [-0.25, -0.2) is 4.39 Å². The predicted molar refractivity (Wildman–Crippen MR) is 79.7 cm³/mol. The average Bonchev–Trinajstić information content (AvgIpc) is 2.42. The second-order valence-corrected chi connectivity index (χ2v) is 6.87. The van der Waals surface area contributed by atoms with Gasteiger partial charge in [-0.1, -0.05) is 27.7 Å². The summed E-state index contributed by atoms with van der Waals surface area (Å²) in [7, 11) is 1.45. The number of benzene rings is 1. The summed E-state index contributed by atoms with van der Waals surface area (Å²) in [6, 6.07) is 4.09. The topological polar surface area (TPSA) is 64.3 Å². The van der Waals surface area contributed by atoms with Crippen molar-refractivity contribution in [3.05, 3.63) is 29.6 Å². The number of rotatable bonds is 3. The molecule has 0 saturated heterocycles. The van der Waals surface area contributed by atoms with Crippen LogP contribution in [-0.4, -0.2) is 25.1 Å². The van der Waals surface area contributed by atoms with Crippen LogP contribution >= 0.6 is 0 Å². The number of carbonyl (C=O) groups is 1. The molecule has 3 N–H and O–H groups in total. The monoisotopic (exact) mass is 294 g/mol. The molecule has 0 aromatic heterocycles. The van der Waals surface area contributed by atoms with E-state index >= 15 is 0 Å². The maximum Gasteiger partial charge on any atom is 0.254 e. The first-order valence-electron chi connectivity index (χ1n) is 7.02. The Labute approximate surface area is 124 Å². The lowest BCUT2D eigenvalue weighted by molar-refractivity contribution is -0.0664. The van der Waals surface area contributed by atoms with Crippen LogP contribution in [0, 0.1) is 16.6 Å². The lowest BCUT2D eigenvalue weighted by Gasteiger charge is -2.62. The maximum absolute atomic E-state index is 14.0. The molecule has 4 nitrogen and oxygen atoms in total. The van der Waals surface area contributed by atoms with E-state index in [0.29, 0.717) is 5.75 Å². The molecule has 116 valence electrons. The van der Waals surface area contributed by atoms with Gasteiger partial charge in [-0.2, -0.15) is 0 Å². The Morgan fingerprint density at radius 2 is 1.86 bits per heavy atom. The van der Waals surface area contributed by atoms with E-state index in [1.165, 1.54) is 19.2 Å². The summed E-state index contributed by atoms with van der Waals surface area (Å²) < 4.78 is 18.9. The van der Waals surface area contributed by atoms with E-state index in [1.807, 2.05) is 27.7 Å². The standard InChI is InChI=1S/C16H23FN2O2/c1-15(2)13(18)16(3,4)14(15)19-12(20)10-7-6-9(21-5)8-11(10)17/h6-8,13-14H,18H2,1-5H3,(H,19,20). The van der Waals surface area contributed by atoms with Gasteiger partial charge in [0, 0.05) is 29.0 Å². The van der Waals surface area contributed by atoms with Crippen molar-refractivity contribution >= 4 is 5.91 Å². The number of hydrogen-bond acceptors (Lipinski definition) is 3. The molecule has 0 radical (unpaired) electrons. The Kier molecular flexibility index (Phi) is 3.74. The fourth-order valence-corrected chi connectivity index (χ4v) is 3.57. The van der Waals surface area contributed by atoms with Crippen molar-refractivity contribution in [3.63, 3.8) is 0 Å². The fourth-order valence-electron chi connectivity index (χ4n) is 3.57. The van der Waals surface area contributed by atoms with E-state index in [2.05, 4.69) is 5.32 Å². The number of hydrogen-bond donors (Lipinski definition) is 2. The molecule has 0 atom stereocenters. The number of amides is 1. The first-order chi connectivity index (χ1) is 9.62. The molecule has 0 heterocycles. The van der Waals surface area contributed by atoms with Crippen molar-refractivity contribution in [1.29, 1.82) is 0 Å². The second-order valence-electron chi connectivity index (χ2n) is 6.87. The molecule has 1 aliphatic carbocycles. The molecule has 1 aromatic rings. The zero-order valence-corrected chi connectivity index (χ0v) is 13.2. The third-order valence-electron chi connectivity index (χ3n) is 4.79. The number of halogens is 1. The molecule has 0 aliphatic heterocycles. The van der Waals surface area contributed by atoms with Crippen LogP contribution in [0.2, 0.25) is 0 Å². The van der Waals surface area contributed by atoms with Crippen LogP contribution in [0.15, 0.2) is 18.2 Å². The Balaban J connectivity index is 2.19. The first kappa shape index (κ1) is 15.8. The highest BCUT2D eigenvalue weighted by Gasteiger charge is 2.60. The van der Waals surface area contributed by atoms with Crippen LogP contribution in [-0.2, 0) is 0 Å². The molecule has 1 aliphatic rings. The summed E-state index contributed by atoms with van der Waals surface area (Å²) in [5, 5.41) is 2.92. The number of nitrogens with two attached hydrogens (primary N) is 1. The van der Waals surface area contributed by atoms with E-state index in [4.69, 9.17) is 10.5 Å². The molecular weight excluding hydrogens is 271 g/mol. The van der Waals surface area contributed by atoms with Gasteiger partial charge in [0.25, 0.3) is 5.91 Å². The van der Waals surface area contributed by atoms with Gasteiger partial charge < -0.3 is 15.8 Å². The summed E-state index contributed by atoms with van der Waals surface area (Å²) >= 11 is 0. The summed E-state index contributed by atoms with van der Waals surface area (Å²) in [5.41, 5.74) is 5.74. The first-order valence-corrected chi connectivity index (χ1v) is 7.02. The third kappa shape index (κ3) is 2.39. The summed E-state index contributed by atoms with van der Waals surface area (Å²) in [6.45, 7) is 8.05. The van der Waals surface area contributed by atoms with Crippen LogP contribution < -0.4 is 15.8 Å². The number of ether oxygens (including phenoxy) is 1. The Bertz CT molecular complexity index is 553. The molecule has 2 rings (SSSR count). The van der Waals surface area contributed by atoms with Gasteiger partial charge in [-0.15, -0.1) is 0 Å². The number of carbonyl (C=O) groups excluding carboxylic acids is 1. The van der Waals surface area contributed by atoms with E-state index < -0.39 is 11.7 Å². The van der Waals surface area contributed by atoms with Crippen molar-refractivity contribution in [1.82, 2.24) is 5.32 Å². The quantitative estimate of drug-likeness (QED) is 0.899. The zero-order valence-electron chi connectivity index (χ0n) is 13.2. The molecule has 21 heavy (non-hydrogen) atoms. The normalized spacial score (nSPS) is 25.9. The Morgan fingerprint density at radius 3 is 2.33 bits per heavy atom. The largest absolute Gasteiger partial charge is 0.497 e. The van der Waals surface area contributed by atoms with Crippen molar-refractivity contribution in [2.45, 2.75) is 39.8 Å². The van der Waals surface area contributed by atoms with E-state index in [1.54, 1.807) is 6.07 Å². The van der Waals surface area contributed by atoms with Gasteiger partial charge >= 0.3 is 0 Å². The van der Waals surface area contributed by atoms with E-state index in [0.717, 1.165) is 0 Å². The van der Waals surface area contributed by atoms with Crippen LogP contribution in [0.4, 0.5) is 4.39 Å². The highest BCUT2D eigenvalue weighted by molar-refractivity contribution is 5.95. The summed E-state index contributed by atoms with van der Waals surface area (Å²) in [6.07, 6.45) is 0. The second kappa shape index (κ2) is 4.98. The minimum Gasteiger partial charge on any atom is -0.497 e. The summed E-state index contributed by atoms with van der Waals surface area (Å²) in [4.78, 5) is 12.3. The number of methoxy groups -OCH3 is 1. The minimum atomic E-state index is -0.592. The molecule has 0 spiro atoms. The van der Waals surface area contributed by atoms with Gasteiger partial charge in [0.05, 0.1) is 12.7 Å². The van der Waals surface area contributed by atoms with Crippen molar-refractivity contribution in [2.24, 2.45) is 16.6 Å². The molecule has 1 fully saturated rings. The Hall–Kier alpha value is -1.62. The molecule has 1 amide bonds. The average molecular weight is 294 g/mol. The third-order valence-corrected chi connectivity index (χ3v) is 4.79. The molecular formula is C16H23FN2O2. The van der Waals surface area contributed by atoms with Gasteiger partial charge in [0.2, 0.25) is 0 Å². The van der Waals surface area contributed by atoms with Crippen LogP contribution in [0.25, 0.3) is 0 Å². The molecule has 5 heteroatoms. The van der Waals surface area contributed by atoms with E-state index in [-0.39, 0.29) is 28.5 Å². The highest BCUT2D eigenvalue weighted by atomic mass is 19.1. The molecule has 1 saturated carbocycles. The van der Waals surface area contributed by atoms with Crippen molar-refractivity contribution < 1.29 is 13.9 Å². The van der Waals surface area contributed by atoms with E-state index in [9.17, 15) is 9.18 Å². The fraction of sp³-hybridized carbons (Fsp3) is 0.562. The van der Waals surface area contributed by atoms with Crippen molar-refractivity contribution in [3.8, 4) is 5.75 Å². The molecule has 0 unspecified atom stereocenters. The van der Waals surface area contributed by atoms with Gasteiger partial charge in [0.1, 0.15) is 11.6 Å². The minimum absolute atomic E-state index is 0.0165. The van der Waals surface area contributed by atoms with Gasteiger partial charge in [-0.3, -0.25) is 4.79 Å². The predicted octanol–water partition coefficient (Wildman–Crippen LogP) is 2.33. The van der Waals surface area contributed by atoms with Crippen LogP contribution in [0.1, 0.15) is 38.1 Å². The van der Waals surface area contributed by atoms with Gasteiger partial charge in [0.15, 0.2) is 0 Å². The lowest BCUT2D eigenvalue weighted by Crippen LogP contribution is -2.76. The lowest BCUT2D eigenvalue weighted by atomic mass is 9.48. The number of nitrogens with one attached hydrogen (secondary N) is 1. The maximum atomic E-state index is 14.0. The summed E-state index contributed by atoms with van der Waals surface area (Å²) in [5.74, 6) is -0.630. The smallest absolute Gasteiger partial charge is 0.254 e. The van der Waals surface area contributed by atoms with Crippen LogP contribution in [0.5, 0.6) is 5.75 Å². The highest BCUT2D eigenvalue weighted by Crippen LogP contribution is 2.52. The van der Waals surface area contributed by atoms with Crippen LogP contribution in [0.3, 0.4) is 0 Å². The Morgan fingerprint density at radius 1 is 1.29 bits per heavy atom.